The average Bonchev–Trinajstić information content (AvgIpc) is 3.13. The Balaban J connectivity index is 2.10. The maximum Gasteiger partial charge on any atom is 0.277 e. The number of rotatable bonds is 13. The highest BCUT2D eigenvalue weighted by molar-refractivity contribution is 7.89. The second-order valence-corrected chi connectivity index (χ2v) is 9.85. The van der Waals surface area contributed by atoms with E-state index in [4.69, 9.17) is 9.84 Å². The zero-order valence-corrected chi connectivity index (χ0v) is 20.7. The summed E-state index contributed by atoms with van der Waals surface area (Å²) in [5, 5.41) is 13.7. The van der Waals surface area contributed by atoms with E-state index in [1.54, 1.807) is 17.5 Å². The minimum absolute atomic E-state index is 0.0280. The van der Waals surface area contributed by atoms with Crippen LogP contribution in [0, 0.1) is 6.92 Å². The summed E-state index contributed by atoms with van der Waals surface area (Å²) < 4.78 is 34.9. The molecule has 2 heterocycles. The van der Waals surface area contributed by atoms with Crippen LogP contribution >= 0.6 is 0 Å². The van der Waals surface area contributed by atoms with Gasteiger partial charge in [0.2, 0.25) is 10.0 Å². The molecule has 1 aromatic carbocycles. The Kier molecular flexibility index (Phi) is 8.95. The average molecular weight is 492 g/mol. The van der Waals surface area contributed by atoms with Gasteiger partial charge in [0.05, 0.1) is 17.2 Å². The summed E-state index contributed by atoms with van der Waals surface area (Å²) in [7, 11) is -3.84. The fourth-order valence-corrected chi connectivity index (χ4v) is 4.83. The van der Waals surface area contributed by atoms with Gasteiger partial charge in [0.15, 0.2) is 11.3 Å². The Morgan fingerprint density at radius 2 is 1.97 bits per heavy atom. The van der Waals surface area contributed by atoms with E-state index in [0.29, 0.717) is 48.7 Å². The highest BCUT2D eigenvalue weighted by atomic mass is 32.2. The van der Waals surface area contributed by atoms with Crippen molar-refractivity contribution >= 4 is 15.5 Å². The molecule has 0 unspecified atom stereocenters. The van der Waals surface area contributed by atoms with Gasteiger partial charge in [-0.05, 0) is 50.3 Å². The van der Waals surface area contributed by atoms with Crippen LogP contribution in [0.25, 0.3) is 16.9 Å². The minimum Gasteiger partial charge on any atom is -0.395 e. The molecular weight excluding hydrogens is 458 g/mol. The van der Waals surface area contributed by atoms with Crippen molar-refractivity contribution in [3.63, 3.8) is 0 Å². The van der Waals surface area contributed by atoms with Gasteiger partial charge in [0, 0.05) is 31.7 Å². The number of aromatic amines is 1. The van der Waals surface area contributed by atoms with Crippen molar-refractivity contribution in [2.24, 2.45) is 0 Å². The fourth-order valence-electron chi connectivity index (χ4n) is 3.78. The first-order valence-electron chi connectivity index (χ1n) is 11.6. The summed E-state index contributed by atoms with van der Waals surface area (Å²) >= 11 is 0. The third-order valence-electron chi connectivity index (χ3n) is 5.35. The zero-order chi connectivity index (χ0) is 24.7. The summed E-state index contributed by atoms with van der Waals surface area (Å²) in [5.74, 6) is 0.959. The van der Waals surface area contributed by atoms with E-state index < -0.39 is 10.0 Å². The number of sulfonamides is 1. The molecule has 11 heteroatoms. The minimum atomic E-state index is -3.84. The number of fused-ring (bicyclic) bond motifs is 1. The standard InChI is InChI=1S/C23H33N5O5S/c1-4-7-20-25-16(3)21-23(30)26-22(27-28(20)21)19-15-18(34(31,32)24-11-12-29)10-9-17(19)8-6-14-33-13-5-2/h9-10,15,24,29H,4-8,11-14H2,1-3H3,(H,26,27,30). The van der Waals surface area contributed by atoms with Crippen molar-refractivity contribution in [2.75, 3.05) is 26.4 Å². The highest BCUT2D eigenvalue weighted by Crippen LogP contribution is 2.25. The lowest BCUT2D eigenvalue weighted by Crippen LogP contribution is -2.26. The van der Waals surface area contributed by atoms with Crippen LogP contribution in [-0.2, 0) is 27.6 Å². The summed E-state index contributed by atoms with van der Waals surface area (Å²) in [6.45, 7) is 6.70. The Hall–Kier alpha value is -2.60. The monoisotopic (exact) mass is 491 g/mol. The normalized spacial score (nSPS) is 12.0. The molecule has 0 amide bonds. The number of nitrogens with zero attached hydrogens (tertiary/aromatic N) is 3. The molecule has 3 N–H and O–H groups in total. The van der Waals surface area contributed by atoms with Crippen LogP contribution in [0.1, 0.15) is 50.2 Å². The molecule has 0 bridgehead atoms. The van der Waals surface area contributed by atoms with Gasteiger partial charge in [0.1, 0.15) is 5.82 Å². The molecule has 2 aromatic heterocycles. The molecule has 0 aliphatic heterocycles. The number of aliphatic hydroxyl groups excluding tert-OH is 1. The topological polar surface area (TPSA) is 139 Å². The summed E-state index contributed by atoms with van der Waals surface area (Å²) in [6.07, 6.45) is 3.80. The molecule has 0 atom stereocenters. The van der Waals surface area contributed by atoms with Crippen LogP contribution < -0.4 is 10.3 Å². The largest absolute Gasteiger partial charge is 0.395 e. The van der Waals surface area contributed by atoms with Crippen molar-refractivity contribution < 1.29 is 18.3 Å². The molecule has 0 saturated carbocycles. The van der Waals surface area contributed by atoms with Crippen molar-refractivity contribution in [1.82, 2.24) is 24.3 Å². The maximum atomic E-state index is 12.9. The predicted octanol–water partition coefficient (Wildman–Crippen LogP) is 1.98. The SMILES string of the molecule is CCCOCCCc1ccc(S(=O)(=O)NCCO)cc1-c1nn2c(CCC)nc(C)c2c(=O)[nH]1. The number of nitrogens with one attached hydrogen (secondary N) is 2. The number of ether oxygens (including phenoxy) is 1. The van der Waals surface area contributed by atoms with Crippen molar-refractivity contribution in [3.05, 3.63) is 45.6 Å². The number of benzene rings is 1. The van der Waals surface area contributed by atoms with Gasteiger partial charge in [-0.15, -0.1) is 5.10 Å². The molecule has 0 spiro atoms. The molecule has 3 aromatic rings. The second-order valence-electron chi connectivity index (χ2n) is 8.08. The first kappa shape index (κ1) is 26.0. The first-order chi connectivity index (χ1) is 16.3. The van der Waals surface area contributed by atoms with Crippen LogP contribution in [0.5, 0.6) is 0 Å². The van der Waals surface area contributed by atoms with E-state index in [-0.39, 0.29) is 29.4 Å². The van der Waals surface area contributed by atoms with Gasteiger partial charge in [0.25, 0.3) is 5.56 Å². The number of aromatic nitrogens is 4. The van der Waals surface area contributed by atoms with E-state index in [0.717, 1.165) is 24.8 Å². The van der Waals surface area contributed by atoms with Gasteiger partial charge in [-0.1, -0.05) is 19.9 Å². The van der Waals surface area contributed by atoms with Crippen molar-refractivity contribution in [1.29, 1.82) is 0 Å². The molecule has 34 heavy (non-hydrogen) atoms. The summed E-state index contributed by atoms with van der Waals surface area (Å²) in [5.41, 5.74) is 2.02. The molecule has 0 saturated heterocycles. The number of hydrogen-bond donors (Lipinski definition) is 3. The maximum absolute atomic E-state index is 12.9. The van der Waals surface area contributed by atoms with Gasteiger partial charge >= 0.3 is 0 Å². The number of H-pyrrole nitrogens is 1. The highest BCUT2D eigenvalue weighted by Gasteiger charge is 2.20. The quantitative estimate of drug-likeness (QED) is 0.311. The smallest absolute Gasteiger partial charge is 0.277 e. The van der Waals surface area contributed by atoms with Crippen LogP contribution in [0.3, 0.4) is 0 Å². The fraction of sp³-hybridized carbons (Fsp3) is 0.522. The molecular formula is C23H33N5O5S. The molecule has 0 aliphatic carbocycles. The molecule has 186 valence electrons. The van der Waals surface area contributed by atoms with Crippen molar-refractivity contribution in [3.8, 4) is 11.4 Å². The first-order valence-corrected chi connectivity index (χ1v) is 13.1. The third-order valence-corrected chi connectivity index (χ3v) is 6.81. The summed E-state index contributed by atoms with van der Waals surface area (Å²) in [6, 6.07) is 4.76. The van der Waals surface area contributed by atoms with E-state index in [1.165, 1.54) is 12.1 Å². The van der Waals surface area contributed by atoms with Crippen LogP contribution in [0.15, 0.2) is 27.9 Å². The molecule has 10 nitrogen and oxygen atoms in total. The van der Waals surface area contributed by atoms with Gasteiger partial charge < -0.3 is 14.8 Å². The van der Waals surface area contributed by atoms with Crippen LogP contribution in [0.2, 0.25) is 0 Å². The molecule has 0 fully saturated rings. The molecule has 3 rings (SSSR count). The lowest BCUT2D eigenvalue weighted by atomic mass is 10.0. The summed E-state index contributed by atoms with van der Waals surface area (Å²) in [4.78, 5) is 20.3. The van der Waals surface area contributed by atoms with Gasteiger partial charge in [-0.2, -0.15) is 0 Å². The Bertz CT molecular complexity index is 1280. The van der Waals surface area contributed by atoms with Crippen molar-refractivity contribution in [2.45, 2.75) is 57.8 Å². The third kappa shape index (κ3) is 5.90. The van der Waals surface area contributed by atoms with Crippen LogP contribution in [-0.4, -0.2) is 59.5 Å². The number of aliphatic hydroxyl groups is 1. The molecule has 0 aliphatic rings. The van der Waals surface area contributed by atoms with Crippen LogP contribution in [0.4, 0.5) is 0 Å². The lowest BCUT2D eigenvalue weighted by Gasteiger charge is -2.13. The number of hydrogen-bond acceptors (Lipinski definition) is 7. The predicted molar refractivity (Wildman–Crippen MR) is 129 cm³/mol. The van der Waals surface area contributed by atoms with E-state index >= 15 is 0 Å². The molecule has 0 radical (unpaired) electrons. The number of imidazole rings is 1. The van der Waals surface area contributed by atoms with E-state index in [9.17, 15) is 13.2 Å². The van der Waals surface area contributed by atoms with E-state index in [1.807, 2.05) is 13.8 Å². The lowest BCUT2D eigenvalue weighted by molar-refractivity contribution is 0.132. The van der Waals surface area contributed by atoms with Gasteiger partial charge in [-0.25, -0.2) is 22.6 Å². The number of aryl methyl sites for hydroxylation is 3. The zero-order valence-electron chi connectivity index (χ0n) is 19.9. The Labute approximate surface area is 199 Å². The Morgan fingerprint density at radius 1 is 1.18 bits per heavy atom. The Morgan fingerprint density at radius 3 is 2.68 bits per heavy atom. The van der Waals surface area contributed by atoms with E-state index in [2.05, 4.69) is 19.8 Å². The van der Waals surface area contributed by atoms with Gasteiger partial charge in [-0.3, -0.25) is 4.79 Å². The second kappa shape index (κ2) is 11.7.